The zero-order valence-electron chi connectivity index (χ0n) is 12.0. The number of aliphatic hydroxyl groups excluding tert-OH is 1. The van der Waals surface area contributed by atoms with Gasteiger partial charge in [-0.05, 0) is 18.9 Å². The smallest absolute Gasteiger partial charge is 0.327 e. The zero-order valence-corrected chi connectivity index (χ0v) is 12.0. The Bertz CT molecular complexity index is 377. The molecule has 0 aromatic heterocycles. The summed E-state index contributed by atoms with van der Waals surface area (Å²) in [7, 11) is 1.59. The highest BCUT2D eigenvalue weighted by Gasteiger charge is 2.24. The molecule has 0 amide bonds. The number of ether oxygens (including phenoxy) is 2. The van der Waals surface area contributed by atoms with Gasteiger partial charge in [-0.15, -0.1) is 0 Å². The summed E-state index contributed by atoms with van der Waals surface area (Å²) in [5.74, 6) is -0.322. The number of methoxy groups -OCH3 is 1. The van der Waals surface area contributed by atoms with E-state index in [0.29, 0.717) is 19.6 Å². The van der Waals surface area contributed by atoms with Gasteiger partial charge in [0, 0.05) is 19.8 Å². The van der Waals surface area contributed by atoms with E-state index in [4.69, 9.17) is 14.6 Å². The van der Waals surface area contributed by atoms with Gasteiger partial charge in [-0.2, -0.15) is 0 Å². The van der Waals surface area contributed by atoms with Gasteiger partial charge in [-0.25, -0.2) is 4.79 Å². The van der Waals surface area contributed by atoms with E-state index >= 15 is 0 Å². The first-order chi connectivity index (χ1) is 9.72. The van der Waals surface area contributed by atoms with Crippen molar-refractivity contribution in [3.63, 3.8) is 0 Å². The lowest BCUT2D eigenvalue weighted by Crippen LogP contribution is -2.41. The van der Waals surface area contributed by atoms with E-state index in [2.05, 4.69) is 5.32 Å². The van der Waals surface area contributed by atoms with Crippen LogP contribution in [0.5, 0.6) is 0 Å². The predicted molar refractivity (Wildman–Crippen MR) is 76.3 cm³/mol. The van der Waals surface area contributed by atoms with Crippen molar-refractivity contribution < 1.29 is 19.4 Å². The van der Waals surface area contributed by atoms with E-state index in [-0.39, 0.29) is 18.6 Å². The van der Waals surface area contributed by atoms with Gasteiger partial charge >= 0.3 is 5.97 Å². The van der Waals surface area contributed by atoms with Crippen LogP contribution < -0.4 is 5.32 Å². The third-order valence-electron chi connectivity index (χ3n) is 2.90. The number of nitrogens with one attached hydrogen (secondary N) is 1. The first-order valence-electron chi connectivity index (χ1n) is 6.80. The number of rotatable bonds is 9. The molecule has 0 heterocycles. The van der Waals surface area contributed by atoms with Gasteiger partial charge in [0.1, 0.15) is 6.04 Å². The lowest BCUT2D eigenvalue weighted by atomic mass is 10.1. The summed E-state index contributed by atoms with van der Waals surface area (Å²) in [6.45, 7) is 2.56. The molecule has 0 aliphatic heterocycles. The minimum atomic E-state index is -0.553. The molecule has 2 atom stereocenters. The van der Waals surface area contributed by atoms with Crippen molar-refractivity contribution in [1.82, 2.24) is 5.32 Å². The minimum absolute atomic E-state index is 0.0331. The van der Waals surface area contributed by atoms with Crippen LogP contribution in [0.2, 0.25) is 0 Å². The number of esters is 1. The molecule has 1 aromatic rings. The summed E-state index contributed by atoms with van der Waals surface area (Å²) < 4.78 is 10.2. The average molecular weight is 281 g/mol. The van der Waals surface area contributed by atoms with Crippen LogP contribution in [-0.2, 0) is 14.3 Å². The summed E-state index contributed by atoms with van der Waals surface area (Å²) in [4.78, 5) is 12.1. The first-order valence-corrected chi connectivity index (χ1v) is 6.80. The maximum Gasteiger partial charge on any atom is 0.327 e. The van der Waals surface area contributed by atoms with Gasteiger partial charge in [0.05, 0.1) is 13.2 Å². The maximum atomic E-state index is 12.1. The molecule has 2 unspecified atom stereocenters. The predicted octanol–water partition coefficient (Wildman–Crippen LogP) is 1.28. The Morgan fingerprint density at radius 2 is 2.05 bits per heavy atom. The Balaban J connectivity index is 2.84. The number of carbonyl (C=O) groups is 1. The van der Waals surface area contributed by atoms with Crippen LogP contribution in [0.25, 0.3) is 0 Å². The first kappa shape index (κ1) is 16.6. The highest BCUT2D eigenvalue weighted by atomic mass is 16.5. The second-order valence-electron chi connectivity index (χ2n) is 4.43. The van der Waals surface area contributed by atoms with Crippen LogP contribution in [-0.4, -0.2) is 44.0 Å². The van der Waals surface area contributed by atoms with Crippen molar-refractivity contribution in [2.24, 2.45) is 0 Å². The highest BCUT2D eigenvalue weighted by Crippen LogP contribution is 2.16. The number of carbonyl (C=O) groups excluding carboxylic acids is 1. The molecule has 112 valence electrons. The van der Waals surface area contributed by atoms with Gasteiger partial charge in [-0.3, -0.25) is 5.32 Å². The average Bonchev–Trinajstić information content (AvgIpc) is 2.46. The standard InChI is InChI=1S/C15H23NO4/c1-3-20-15(18)14(12-7-5-4-6-8-12)16-13(9-10-17)11-19-2/h4-8,13-14,16-17H,3,9-11H2,1-2H3. The van der Waals surface area contributed by atoms with E-state index in [1.54, 1.807) is 14.0 Å². The molecule has 1 aromatic carbocycles. The van der Waals surface area contributed by atoms with Crippen LogP contribution in [0.4, 0.5) is 0 Å². The molecular formula is C15H23NO4. The van der Waals surface area contributed by atoms with Crippen LogP contribution >= 0.6 is 0 Å². The maximum absolute atomic E-state index is 12.1. The Hall–Kier alpha value is -1.43. The van der Waals surface area contributed by atoms with Crippen LogP contribution in [0.3, 0.4) is 0 Å². The summed E-state index contributed by atoms with van der Waals surface area (Å²) in [6, 6.07) is 8.73. The molecular weight excluding hydrogens is 258 g/mol. The lowest BCUT2D eigenvalue weighted by molar-refractivity contribution is -0.146. The zero-order chi connectivity index (χ0) is 14.8. The quantitative estimate of drug-likeness (QED) is 0.667. The molecule has 0 aliphatic carbocycles. The lowest BCUT2D eigenvalue weighted by Gasteiger charge is -2.24. The van der Waals surface area contributed by atoms with Crippen molar-refractivity contribution in [1.29, 1.82) is 0 Å². The summed E-state index contributed by atoms with van der Waals surface area (Å²) in [5, 5.41) is 12.3. The summed E-state index contributed by atoms with van der Waals surface area (Å²) in [5.41, 5.74) is 0.838. The van der Waals surface area contributed by atoms with Crippen molar-refractivity contribution in [2.45, 2.75) is 25.4 Å². The molecule has 20 heavy (non-hydrogen) atoms. The molecule has 0 aliphatic rings. The van der Waals surface area contributed by atoms with Crippen LogP contribution in [0.15, 0.2) is 30.3 Å². The molecule has 1 rings (SSSR count). The number of hydrogen-bond donors (Lipinski definition) is 2. The molecule has 0 bridgehead atoms. The number of benzene rings is 1. The summed E-state index contributed by atoms with van der Waals surface area (Å²) >= 11 is 0. The van der Waals surface area contributed by atoms with Crippen molar-refractivity contribution in [2.75, 3.05) is 26.9 Å². The van der Waals surface area contributed by atoms with Gasteiger partial charge in [0.25, 0.3) is 0 Å². The third kappa shape index (κ3) is 5.28. The SMILES string of the molecule is CCOC(=O)C(NC(CCO)COC)c1ccccc1. The topological polar surface area (TPSA) is 67.8 Å². The third-order valence-corrected chi connectivity index (χ3v) is 2.90. The minimum Gasteiger partial charge on any atom is -0.465 e. The molecule has 0 spiro atoms. The van der Waals surface area contributed by atoms with E-state index in [1.807, 2.05) is 30.3 Å². The Morgan fingerprint density at radius 1 is 1.35 bits per heavy atom. The van der Waals surface area contributed by atoms with Gasteiger partial charge in [0.2, 0.25) is 0 Å². The second-order valence-corrected chi connectivity index (χ2v) is 4.43. The van der Waals surface area contributed by atoms with Gasteiger partial charge < -0.3 is 14.6 Å². The van der Waals surface area contributed by atoms with Crippen molar-refractivity contribution >= 4 is 5.97 Å². The molecule has 5 nitrogen and oxygen atoms in total. The molecule has 2 N–H and O–H groups in total. The Morgan fingerprint density at radius 3 is 2.60 bits per heavy atom. The van der Waals surface area contributed by atoms with Gasteiger partial charge in [-0.1, -0.05) is 30.3 Å². The van der Waals surface area contributed by atoms with Crippen LogP contribution in [0.1, 0.15) is 24.9 Å². The Kier molecular flexibility index (Phi) is 7.87. The fourth-order valence-corrected chi connectivity index (χ4v) is 1.98. The molecule has 0 saturated heterocycles. The number of aliphatic hydroxyl groups is 1. The fraction of sp³-hybridized carbons (Fsp3) is 0.533. The van der Waals surface area contributed by atoms with E-state index in [1.165, 1.54) is 0 Å². The van der Waals surface area contributed by atoms with E-state index in [0.717, 1.165) is 5.56 Å². The molecule has 0 fully saturated rings. The van der Waals surface area contributed by atoms with Crippen molar-refractivity contribution in [3.05, 3.63) is 35.9 Å². The molecule has 0 saturated carbocycles. The Labute approximate surface area is 119 Å². The summed E-state index contributed by atoms with van der Waals surface area (Å²) in [6.07, 6.45) is 0.510. The van der Waals surface area contributed by atoms with E-state index in [9.17, 15) is 4.79 Å². The number of hydrogen-bond acceptors (Lipinski definition) is 5. The largest absolute Gasteiger partial charge is 0.465 e. The van der Waals surface area contributed by atoms with E-state index < -0.39 is 6.04 Å². The fourth-order valence-electron chi connectivity index (χ4n) is 1.98. The van der Waals surface area contributed by atoms with Gasteiger partial charge in [0.15, 0.2) is 0 Å². The van der Waals surface area contributed by atoms with Crippen LogP contribution in [0, 0.1) is 0 Å². The highest BCUT2D eigenvalue weighted by molar-refractivity contribution is 5.77. The molecule has 0 radical (unpaired) electrons. The monoisotopic (exact) mass is 281 g/mol. The normalized spacial score (nSPS) is 13.8. The van der Waals surface area contributed by atoms with Crippen molar-refractivity contribution in [3.8, 4) is 0 Å². The second kappa shape index (κ2) is 9.47. The molecule has 5 heteroatoms.